The topological polar surface area (TPSA) is 48.0 Å². The molecular weight excluding hydrogens is 330 g/mol. The minimum absolute atomic E-state index is 0.0399. The van der Waals surface area contributed by atoms with Crippen LogP contribution in [0.15, 0.2) is 48.5 Å². The highest BCUT2D eigenvalue weighted by atomic mass is 16.5. The third kappa shape index (κ3) is 4.43. The maximum Gasteiger partial charge on any atom is 0.185 e. The molecule has 0 bridgehead atoms. The van der Waals surface area contributed by atoms with Crippen molar-refractivity contribution < 1.29 is 19.0 Å². The Balaban J connectivity index is 1.76. The van der Waals surface area contributed by atoms with E-state index in [4.69, 9.17) is 14.2 Å². The fraction of sp³-hybridized carbons (Fsp3) is 0.286. The van der Waals surface area contributed by atoms with Crippen molar-refractivity contribution in [3.63, 3.8) is 0 Å². The number of nitrogens with zero attached hydrogens (tertiary/aromatic N) is 1. The molecule has 0 radical (unpaired) electrons. The van der Waals surface area contributed by atoms with E-state index in [-0.39, 0.29) is 5.78 Å². The zero-order valence-electron chi connectivity index (χ0n) is 15.1. The van der Waals surface area contributed by atoms with Gasteiger partial charge in [-0.2, -0.15) is 0 Å². The van der Waals surface area contributed by atoms with Crippen molar-refractivity contribution in [2.45, 2.75) is 0 Å². The molecule has 2 aromatic carbocycles. The molecule has 1 aliphatic heterocycles. The predicted molar refractivity (Wildman–Crippen MR) is 102 cm³/mol. The molecule has 1 aliphatic rings. The van der Waals surface area contributed by atoms with Gasteiger partial charge in [0, 0.05) is 30.4 Å². The fourth-order valence-corrected chi connectivity index (χ4v) is 2.87. The molecule has 0 N–H and O–H groups in total. The van der Waals surface area contributed by atoms with E-state index in [2.05, 4.69) is 4.90 Å². The zero-order chi connectivity index (χ0) is 18.4. The first-order chi connectivity index (χ1) is 12.7. The van der Waals surface area contributed by atoms with Crippen LogP contribution in [0.4, 0.5) is 5.69 Å². The van der Waals surface area contributed by atoms with Gasteiger partial charge in [-0.15, -0.1) is 0 Å². The number of benzene rings is 2. The Morgan fingerprint density at radius 2 is 1.73 bits per heavy atom. The minimum Gasteiger partial charge on any atom is -0.497 e. The summed E-state index contributed by atoms with van der Waals surface area (Å²) in [4.78, 5) is 14.8. The molecule has 0 amide bonds. The number of carbonyl (C=O) groups excluding carboxylic acids is 1. The Kier molecular flexibility index (Phi) is 5.92. The Hall–Kier alpha value is -2.79. The third-order valence-electron chi connectivity index (χ3n) is 4.31. The molecule has 2 aromatic rings. The second-order valence-electron chi connectivity index (χ2n) is 5.99. The van der Waals surface area contributed by atoms with Gasteiger partial charge in [-0.1, -0.05) is 18.2 Å². The van der Waals surface area contributed by atoms with E-state index >= 15 is 0 Å². The van der Waals surface area contributed by atoms with Crippen LogP contribution >= 0.6 is 0 Å². The third-order valence-corrected chi connectivity index (χ3v) is 4.31. The largest absolute Gasteiger partial charge is 0.497 e. The highest BCUT2D eigenvalue weighted by molar-refractivity contribution is 6.07. The molecule has 1 saturated heterocycles. The summed E-state index contributed by atoms with van der Waals surface area (Å²) in [6.07, 6.45) is 3.35. The normalized spacial score (nSPS) is 14.5. The Bertz CT molecular complexity index is 772. The van der Waals surface area contributed by atoms with E-state index in [1.807, 2.05) is 36.4 Å². The highest BCUT2D eigenvalue weighted by Crippen LogP contribution is 2.24. The van der Waals surface area contributed by atoms with Gasteiger partial charge in [0.05, 0.1) is 27.4 Å². The number of anilines is 1. The Labute approximate surface area is 153 Å². The van der Waals surface area contributed by atoms with Gasteiger partial charge in [0.2, 0.25) is 0 Å². The standard InChI is InChI=1S/C21H23NO4/c1-24-19-12-16(13-20(15-19)25-2)6-7-21(23)17-4-3-5-18(14-17)22-8-10-26-11-9-22/h3-7,12-15H,8-11H2,1-2H3. The fourth-order valence-electron chi connectivity index (χ4n) is 2.87. The maximum atomic E-state index is 12.6. The van der Waals surface area contributed by atoms with Crippen LogP contribution in [0.3, 0.4) is 0 Å². The van der Waals surface area contributed by atoms with E-state index in [0.29, 0.717) is 17.1 Å². The summed E-state index contributed by atoms with van der Waals surface area (Å²) in [6.45, 7) is 3.12. The van der Waals surface area contributed by atoms with Gasteiger partial charge in [0.25, 0.3) is 0 Å². The van der Waals surface area contributed by atoms with Crippen LogP contribution in [0.1, 0.15) is 15.9 Å². The van der Waals surface area contributed by atoms with Crippen LogP contribution < -0.4 is 14.4 Å². The van der Waals surface area contributed by atoms with Crippen molar-refractivity contribution in [1.82, 2.24) is 0 Å². The van der Waals surface area contributed by atoms with Gasteiger partial charge < -0.3 is 19.1 Å². The molecule has 26 heavy (non-hydrogen) atoms. The van der Waals surface area contributed by atoms with Crippen LogP contribution in [-0.2, 0) is 4.74 Å². The van der Waals surface area contributed by atoms with E-state index in [1.54, 1.807) is 32.4 Å². The van der Waals surface area contributed by atoms with Gasteiger partial charge >= 0.3 is 0 Å². The number of hydrogen-bond acceptors (Lipinski definition) is 5. The van der Waals surface area contributed by atoms with Crippen molar-refractivity contribution in [2.75, 3.05) is 45.4 Å². The van der Waals surface area contributed by atoms with E-state index in [9.17, 15) is 4.79 Å². The average Bonchev–Trinajstić information content (AvgIpc) is 2.72. The van der Waals surface area contributed by atoms with E-state index in [1.165, 1.54) is 0 Å². The SMILES string of the molecule is COc1cc(C=CC(=O)c2cccc(N3CCOCC3)c2)cc(OC)c1. The summed E-state index contributed by atoms with van der Waals surface area (Å²) in [5.74, 6) is 1.33. The molecule has 5 nitrogen and oxygen atoms in total. The number of allylic oxidation sites excluding steroid dienone is 1. The molecule has 5 heteroatoms. The second kappa shape index (κ2) is 8.54. The molecular formula is C21H23NO4. The summed E-state index contributed by atoms with van der Waals surface area (Å²) < 4.78 is 15.9. The number of methoxy groups -OCH3 is 2. The smallest absolute Gasteiger partial charge is 0.185 e. The molecule has 0 unspecified atom stereocenters. The molecule has 0 aliphatic carbocycles. The van der Waals surface area contributed by atoms with Crippen LogP contribution in [0.25, 0.3) is 6.08 Å². The molecule has 0 aromatic heterocycles. The van der Waals surface area contributed by atoms with E-state index < -0.39 is 0 Å². The first kappa shape index (κ1) is 18.0. The number of ether oxygens (including phenoxy) is 3. The summed E-state index contributed by atoms with van der Waals surface area (Å²) >= 11 is 0. The lowest BCUT2D eigenvalue weighted by atomic mass is 10.1. The van der Waals surface area contributed by atoms with E-state index in [0.717, 1.165) is 37.6 Å². The van der Waals surface area contributed by atoms with Gasteiger partial charge in [-0.3, -0.25) is 4.79 Å². The lowest BCUT2D eigenvalue weighted by molar-refractivity contribution is 0.104. The molecule has 1 fully saturated rings. The van der Waals surface area contributed by atoms with Crippen LogP contribution in [-0.4, -0.2) is 46.3 Å². The zero-order valence-corrected chi connectivity index (χ0v) is 15.1. The quantitative estimate of drug-likeness (QED) is 0.588. The summed E-state index contributed by atoms with van der Waals surface area (Å²) in [7, 11) is 3.20. The predicted octanol–water partition coefficient (Wildman–Crippen LogP) is 3.44. The lowest BCUT2D eigenvalue weighted by Crippen LogP contribution is -2.36. The number of hydrogen-bond donors (Lipinski definition) is 0. The Morgan fingerprint density at radius 1 is 1.04 bits per heavy atom. The molecule has 0 saturated carbocycles. The number of morpholine rings is 1. The molecule has 3 rings (SSSR count). The number of ketones is 1. The lowest BCUT2D eigenvalue weighted by Gasteiger charge is -2.29. The van der Waals surface area contributed by atoms with Gasteiger partial charge in [-0.25, -0.2) is 0 Å². The van der Waals surface area contributed by atoms with Gasteiger partial charge in [0.1, 0.15) is 11.5 Å². The first-order valence-corrected chi connectivity index (χ1v) is 8.58. The van der Waals surface area contributed by atoms with Crippen molar-refractivity contribution in [2.24, 2.45) is 0 Å². The summed E-state index contributed by atoms with van der Waals surface area (Å²) in [5.41, 5.74) is 2.56. The number of rotatable bonds is 6. The second-order valence-corrected chi connectivity index (χ2v) is 5.99. The van der Waals surface area contributed by atoms with Gasteiger partial charge in [0.15, 0.2) is 5.78 Å². The van der Waals surface area contributed by atoms with Gasteiger partial charge in [-0.05, 0) is 35.9 Å². The summed E-state index contributed by atoms with van der Waals surface area (Å²) in [5, 5.41) is 0. The van der Waals surface area contributed by atoms with Crippen LogP contribution in [0, 0.1) is 0 Å². The minimum atomic E-state index is -0.0399. The average molecular weight is 353 g/mol. The highest BCUT2D eigenvalue weighted by Gasteiger charge is 2.12. The monoisotopic (exact) mass is 353 g/mol. The summed E-state index contributed by atoms with van der Waals surface area (Å²) in [6, 6.07) is 13.2. The van der Waals surface area contributed by atoms with Crippen molar-refractivity contribution in [3.8, 4) is 11.5 Å². The number of carbonyl (C=O) groups is 1. The molecule has 136 valence electrons. The van der Waals surface area contributed by atoms with Crippen molar-refractivity contribution in [3.05, 3.63) is 59.7 Å². The molecule has 0 atom stereocenters. The van der Waals surface area contributed by atoms with Crippen LogP contribution in [0.2, 0.25) is 0 Å². The maximum absolute atomic E-state index is 12.6. The van der Waals surface area contributed by atoms with Crippen LogP contribution in [0.5, 0.6) is 11.5 Å². The Morgan fingerprint density at radius 3 is 2.38 bits per heavy atom. The van der Waals surface area contributed by atoms with Crippen molar-refractivity contribution in [1.29, 1.82) is 0 Å². The molecule has 0 spiro atoms. The first-order valence-electron chi connectivity index (χ1n) is 8.58. The molecule has 1 heterocycles. The van der Waals surface area contributed by atoms with Crippen molar-refractivity contribution >= 4 is 17.5 Å².